The summed E-state index contributed by atoms with van der Waals surface area (Å²) in [4.78, 5) is 10.4. The van der Waals surface area contributed by atoms with Gasteiger partial charge in [-0.3, -0.25) is 0 Å². The minimum absolute atomic E-state index is 0.266. The van der Waals surface area contributed by atoms with Crippen molar-refractivity contribution < 1.29 is 14.6 Å². The summed E-state index contributed by atoms with van der Waals surface area (Å²) in [6.07, 6.45) is 2.60. The Morgan fingerprint density at radius 2 is 2.30 bits per heavy atom. The average molecular weight is 144 g/mol. The van der Waals surface area contributed by atoms with Gasteiger partial charge in [-0.15, -0.1) is 0 Å². The number of aliphatic carboxylic acids is 1. The Morgan fingerprint density at radius 1 is 1.70 bits per heavy atom. The molecule has 0 aromatic heterocycles. The van der Waals surface area contributed by atoms with Gasteiger partial charge < -0.3 is 9.84 Å². The summed E-state index contributed by atoms with van der Waals surface area (Å²) >= 11 is 0. The second-order valence-electron chi connectivity index (χ2n) is 2.69. The number of carboxylic acids is 1. The standard InChI is InChI=1S/C7H12O3/c1-10-6(7(8)9)5-3-2-4-5/h5-6H,2-4H2,1H3,(H,8,9). The second-order valence-corrected chi connectivity index (χ2v) is 2.69. The van der Waals surface area contributed by atoms with Crippen LogP contribution in [0, 0.1) is 5.92 Å². The Kier molecular flexibility index (Phi) is 2.27. The van der Waals surface area contributed by atoms with Gasteiger partial charge in [0, 0.05) is 7.11 Å². The lowest BCUT2D eigenvalue weighted by atomic mass is 9.81. The highest BCUT2D eigenvalue weighted by Gasteiger charge is 2.32. The number of hydrogen-bond donors (Lipinski definition) is 1. The molecular weight excluding hydrogens is 132 g/mol. The monoisotopic (exact) mass is 144 g/mol. The summed E-state index contributed by atoms with van der Waals surface area (Å²) in [5.41, 5.74) is 0. The summed E-state index contributed by atoms with van der Waals surface area (Å²) in [6, 6.07) is 0. The fourth-order valence-electron chi connectivity index (χ4n) is 1.24. The molecule has 3 heteroatoms. The molecule has 58 valence electrons. The third kappa shape index (κ3) is 1.29. The third-order valence-corrected chi connectivity index (χ3v) is 2.08. The maximum Gasteiger partial charge on any atom is 0.333 e. The molecule has 1 fully saturated rings. The van der Waals surface area contributed by atoms with Crippen LogP contribution in [0.1, 0.15) is 19.3 Å². The molecule has 0 aromatic carbocycles. The molecule has 10 heavy (non-hydrogen) atoms. The fraction of sp³-hybridized carbons (Fsp3) is 0.857. The molecule has 1 atom stereocenters. The van der Waals surface area contributed by atoms with Crippen LogP contribution in [0.3, 0.4) is 0 Å². The van der Waals surface area contributed by atoms with Crippen molar-refractivity contribution in [3.63, 3.8) is 0 Å². The molecule has 0 aliphatic heterocycles. The number of rotatable bonds is 3. The Labute approximate surface area is 60.0 Å². The van der Waals surface area contributed by atoms with E-state index < -0.39 is 12.1 Å². The Balaban J connectivity index is 2.39. The van der Waals surface area contributed by atoms with E-state index in [1.54, 1.807) is 0 Å². The molecule has 0 heterocycles. The lowest BCUT2D eigenvalue weighted by molar-refractivity contribution is -0.154. The normalized spacial score (nSPS) is 21.7. The van der Waals surface area contributed by atoms with Crippen LogP contribution in [-0.2, 0) is 9.53 Å². The third-order valence-electron chi connectivity index (χ3n) is 2.08. The maximum absolute atomic E-state index is 10.4. The Bertz CT molecular complexity index is 129. The smallest absolute Gasteiger partial charge is 0.333 e. The van der Waals surface area contributed by atoms with E-state index in [-0.39, 0.29) is 5.92 Å². The summed E-state index contributed by atoms with van der Waals surface area (Å²) in [6.45, 7) is 0. The van der Waals surface area contributed by atoms with Crippen LogP contribution in [0.15, 0.2) is 0 Å². The molecule has 1 unspecified atom stereocenters. The second kappa shape index (κ2) is 3.01. The van der Waals surface area contributed by atoms with Crippen molar-refractivity contribution in [2.75, 3.05) is 7.11 Å². The lowest BCUT2D eigenvalue weighted by Crippen LogP contribution is -2.35. The highest BCUT2D eigenvalue weighted by molar-refractivity contribution is 5.72. The van der Waals surface area contributed by atoms with Gasteiger partial charge in [-0.25, -0.2) is 4.79 Å². The van der Waals surface area contributed by atoms with Gasteiger partial charge in [0.2, 0.25) is 0 Å². The highest BCUT2D eigenvalue weighted by Crippen LogP contribution is 2.30. The quantitative estimate of drug-likeness (QED) is 0.639. The molecule has 1 saturated carbocycles. The number of carbonyl (C=O) groups is 1. The predicted molar refractivity (Wildman–Crippen MR) is 35.8 cm³/mol. The summed E-state index contributed by atoms with van der Waals surface area (Å²) in [5.74, 6) is -0.560. The molecule has 1 N–H and O–H groups in total. The van der Waals surface area contributed by atoms with E-state index in [9.17, 15) is 4.79 Å². The lowest BCUT2D eigenvalue weighted by Gasteiger charge is -2.29. The SMILES string of the molecule is COC(C(=O)O)C1CCC1. The van der Waals surface area contributed by atoms with Crippen LogP contribution in [0.4, 0.5) is 0 Å². The molecule has 0 radical (unpaired) electrons. The van der Waals surface area contributed by atoms with Crippen LogP contribution in [0.25, 0.3) is 0 Å². The number of hydrogen-bond acceptors (Lipinski definition) is 2. The maximum atomic E-state index is 10.4. The number of carboxylic acid groups (broad SMARTS) is 1. The van der Waals surface area contributed by atoms with Crippen molar-refractivity contribution in [1.82, 2.24) is 0 Å². The summed E-state index contributed by atoms with van der Waals surface area (Å²) in [5, 5.41) is 8.58. The van der Waals surface area contributed by atoms with E-state index in [1.807, 2.05) is 0 Å². The van der Waals surface area contributed by atoms with Crippen molar-refractivity contribution in [2.45, 2.75) is 25.4 Å². The minimum atomic E-state index is -0.827. The Hall–Kier alpha value is -0.570. The zero-order valence-electron chi connectivity index (χ0n) is 6.04. The van der Waals surface area contributed by atoms with Gasteiger partial charge in [0.05, 0.1) is 0 Å². The van der Waals surface area contributed by atoms with Gasteiger partial charge in [-0.1, -0.05) is 6.42 Å². The molecule has 1 aliphatic rings. The minimum Gasteiger partial charge on any atom is -0.479 e. The Morgan fingerprint density at radius 3 is 2.40 bits per heavy atom. The van der Waals surface area contributed by atoms with Crippen LogP contribution < -0.4 is 0 Å². The number of methoxy groups -OCH3 is 1. The topological polar surface area (TPSA) is 46.5 Å². The largest absolute Gasteiger partial charge is 0.479 e. The van der Waals surface area contributed by atoms with Crippen molar-refractivity contribution in [1.29, 1.82) is 0 Å². The van der Waals surface area contributed by atoms with E-state index in [2.05, 4.69) is 0 Å². The molecule has 1 rings (SSSR count). The van der Waals surface area contributed by atoms with E-state index in [4.69, 9.17) is 9.84 Å². The van der Waals surface area contributed by atoms with E-state index in [0.717, 1.165) is 19.3 Å². The first-order valence-electron chi connectivity index (χ1n) is 3.51. The van der Waals surface area contributed by atoms with E-state index in [1.165, 1.54) is 7.11 Å². The first kappa shape index (κ1) is 7.54. The van der Waals surface area contributed by atoms with Gasteiger partial charge >= 0.3 is 5.97 Å². The summed E-state index contributed by atoms with van der Waals surface area (Å²) < 4.78 is 4.82. The summed E-state index contributed by atoms with van der Waals surface area (Å²) in [7, 11) is 1.46. The zero-order chi connectivity index (χ0) is 7.56. The average Bonchev–Trinajstić information content (AvgIpc) is 1.76. The molecule has 0 spiro atoms. The first-order chi connectivity index (χ1) is 4.75. The molecule has 0 saturated heterocycles. The fourth-order valence-corrected chi connectivity index (χ4v) is 1.24. The van der Waals surface area contributed by atoms with Crippen LogP contribution >= 0.6 is 0 Å². The van der Waals surface area contributed by atoms with Crippen molar-refractivity contribution in [2.24, 2.45) is 5.92 Å². The van der Waals surface area contributed by atoms with Crippen molar-refractivity contribution in [3.8, 4) is 0 Å². The molecule has 1 aliphatic carbocycles. The molecule has 0 amide bonds. The van der Waals surface area contributed by atoms with Crippen LogP contribution in [-0.4, -0.2) is 24.3 Å². The van der Waals surface area contributed by atoms with Gasteiger partial charge in [-0.2, -0.15) is 0 Å². The van der Waals surface area contributed by atoms with Crippen molar-refractivity contribution in [3.05, 3.63) is 0 Å². The van der Waals surface area contributed by atoms with Gasteiger partial charge in [0.15, 0.2) is 6.10 Å². The molecule has 0 aromatic rings. The molecule has 0 bridgehead atoms. The van der Waals surface area contributed by atoms with Gasteiger partial charge in [0.1, 0.15) is 0 Å². The van der Waals surface area contributed by atoms with Crippen LogP contribution in [0.5, 0.6) is 0 Å². The highest BCUT2D eigenvalue weighted by atomic mass is 16.5. The number of ether oxygens (including phenoxy) is 1. The first-order valence-corrected chi connectivity index (χ1v) is 3.51. The van der Waals surface area contributed by atoms with Gasteiger partial charge in [-0.05, 0) is 18.8 Å². The van der Waals surface area contributed by atoms with Crippen LogP contribution in [0.2, 0.25) is 0 Å². The van der Waals surface area contributed by atoms with Crippen molar-refractivity contribution >= 4 is 5.97 Å². The zero-order valence-corrected chi connectivity index (χ0v) is 6.04. The predicted octanol–water partition coefficient (Wildman–Crippen LogP) is 0.886. The molecule has 3 nitrogen and oxygen atoms in total. The molecular formula is C7H12O3. The van der Waals surface area contributed by atoms with Gasteiger partial charge in [0.25, 0.3) is 0 Å². The van der Waals surface area contributed by atoms with E-state index in [0.29, 0.717) is 0 Å². The van der Waals surface area contributed by atoms with E-state index >= 15 is 0 Å².